The van der Waals surface area contributed by atoms with E-state index in [1.54, 1.807) is 0 Å². The van der Waals surface area contributed by atoms with Crippen molar-refractivity contribution in [2.75, 3.05) is 4.90 Å². The molecule has 6 aromatic rings. The lowest BCUT2D eigenvalue weighted by atomic mass is 9.28. The number of nitrogens with zero attached hydrogens (tertiary/aromatic N) is 1. The predicted molar refractivity (Wildman–Crippen MR) is 188 cm³/mol. The van der Waals surface area contributed by atoms with E-state index < -0.39 is 5.41 Å². The van der Waals surface area contributed by atoms with Gasteiger partial charge in [0.2, 0.25) is 0 Å². The third-order valence-electron chi connectivity index (χ3n) is 10.2. The summed E-state index contributed by atoms with van der Waals surface area (Å²) in [5, 5.41) is 0. The SMILES string of the molecule is Cc1cc(N2c3cccc4c3B3c5c(cccc5C(c5ccccc5)(c5ccccc5)c5cccc2c53)O4)cc(C(C)(C)C)c1. The van der Waals surface area contributed by atoms with Gasteiger partial charge in [0, 0.05) is 17.1 Å². The topological polar surface area (TPSA) is 12.5 Å². The normalized spacial score (nSPS) is 14.9. The molecule has 0 amide bonds. The lowest BCUT2D eigenvalue weighted by molar-refractivity contribution is 0.485. The van der Waals surface area contributed by atoms with E-state index in [2.05, 4.69) is 166 Å². The number of ether oxygens (including phenoxy) is 1. The zero-order chi connectivity index (χ0) is 30.5. The highest BCUT2D eigenvalue weighted by Gasteiger charge is 2.54. The van der Waals surface area contributed by atoms with Gasteiger partial charge >= 0.3 is 0 Å². The van der Waals surface area contributed by atoms with Gasteiger partial charge in [0.25, 0.3) is 6.71 Å². The van der Waals surface area contributed by atoms with Crippen LogP contribution in [0.25, 0.3) is 0 Å². The third kappa shape index (κ3) is 3.53. The Balaban J connectivity index is 1.45. The maximum absolute atomic E-state index is 6.87. The Hall–Kier alpha value is -5.02. The summed E-state index contributed by atoms with van der Waals surface area (Å²) >= 11 is 0. The highest BCUT2D eigenvalue weighted by atomic mass is 16.5. The van der Waals surface area contributed by atoms with Crippen molar-refractivity contribution in [1.29, 1.82) is 0 Å². The maximum atomic E-state index is 6.87. The van der Waals surface area contributed by atoms with Crippen LogP contribution in [-0.4, -0.2) is 6.71 Å². The van der Waals surface area contributed by atoms with E-state index in [4.69, 9.17) is 4.74 Å². The monoisotopic (exact) mass is 579 g/mol. The number of hydrogen-bond donors (Lipinski definition) is 0. The minimum Gasteiger partial charge on any atom is -0.458 e. The Bertz CT molecular complexity index is 2110. The van der Waals surface area contributed by atoms with Gasteiger partial charge in [-0.15, -0.1) is 0 Å². The Kier molecular flexibility index (Phi) is 5.42. The predicted octanol–water partition coefficient (Wildman–Crippen LogP) is 8.39. The minimum atomic E-state index is -0.516. The van der Waals surface area contributed by atoms with Crippen molar-refractivity contribution in [3.05, 3.63) is 167 Å². The van der Waals surface area contributed by atoms with Crippen LogP contribution >= 0.6 is 0 Å². The highest BCUT2D eigenvalue weighted by molar-refractivity contribution is 7.00. The van der Waals surface area contributed by atoms with Crippen LogP contribution in [0.5, 0.6) is 11.5 Å². The van der Waals surface area contributed by atoms with Crippen molar-refractivity contribution in [1.82, 2.24) is 0 Å². The summed E-state index contributed by atoms with van der Waals surface area (Å²) in [6, 6.07) is 49.4. The number of hydrogen-bond acceptors (Lipinski definition) is 2. The van der Waals surface area contributed by atoms with E-state index in [0.29, 0.717) is 0 Å². The summed E-state index contributed by atoms with van der Waals surface area (Å²) in [6.07, 6.45) is 0. The van der Waals surface area contributed by atoms with Gasteiger partial charge in [0.05, 0.1) is 5.41 Å². The fourth-order valence-electron chi connectivity index (χ4n) is 8.34. The molecule has 9 rings (SSSR count). The van der Waals surface area contributed by atoms with Crippen molar-refractivity contribution in [3.63, 3.8) is 0 Å². The van der Waals surface area contributed by atoms with Crippen LogP contribution in [0.1, 0.15) is 54.2 Å². The molecule has 216 valence electrons. The molecule has 0 atom stereocenters. The average molecular weight is 580 g/mol. The van der Waals surface area contributed by atoms with Gasteiger partial charge in [-0.05, 0) is 98.5 Å². The molecule has 0 spiro atoms. The number of benzene rings is 6. The molecule has 0 radical (unpaired) electrons. The molecule has 2 nitrogen and oxygen atoms in total. The average Bonchev–Trinajstić information content (AvgIpc) is 3.05. The maximum Gasteiger partial charge on any atom is 0.257 e. The van der Waals surface area contributed by atoms with Gasteiger partial charge in [-0.3, -0.25) is 0 Å². The zero-order valence-corrected chi connectivity index (χ0v) is 26.1. The van der Waals surface area contributed by atoms with Crippen LogP contribution in [0.4, 0.5) is 17.1 Å². The quantitative estimate of drug-likeness (QED) is 0.195. The smallest absolute Gasteiger partial charge is 0.257 e. The number of rotatable bonds is 3. The van der Waals surface area contributed by atoms with Crippen LogP contribution in [-0.2, 0) is 10.8 Å². The molecular weight excluding hydrogens is 545 g/mol. The molecular formula is C42H34BNO. The van der Waals surface area contributed by atoms with Gasteiger partial charge in [0.15, 0.2) is 0 Å². The molecule has 3 aliphatic heterocycles. The molecule has 0 aliphatic carbocycles. The van der Waals surface area contributed by atoms with Gasteiger partial charge in [-0.25, -0.2) is 0 Å². The van der Waals surface area contributed by atoms with E-state index in [1.165, 1.54) is 66.8 Å². The largest absolute Gasteiger partial charge is 0.458 e. The second-order valence-electron chi connectivity index (χ2n) is 13.8. The Morgan fingerprint density at radius 1 is 0.578 bits per heavy atom. The molecule has 3 heteroatoms. The summed E-state index contributed by atoms with van der Waals surface area (Å²) in [7, 11) is 0. The first-order valence-corrected chi connectivity index (χ1v) is 16.0. The van der Waals surface area contributed by atoms with Crippen molar-refractivity contribution in [3.8, 4) is 11.5 Å². The molecule has 3 heterocycles. The molecule has 6 aromatic carbocycles. The summed E-state index contributed by atoms with van der Waals surface area (Å²) in [5.74, 6) is 1.90. The fourth-order valence-corrected chi connectivity index (χ4v) is 8.34. The molecule has 45 heavy (non-hydrogen) atoms. The van der Waals surface area contributed by atoms with Crippen molar-refractivity contribution in [2.24, 2.45) is 0 Å². The first kappa shape index (κ1) is 26.4. The second kappa shape index (κ2) is 9.25. The zero-order valence-electron chi connectivity index (χ0n) is 26.1. The van der Waals surface area contributed by atoms with Gasteiger partial charge in [-0.2, -0.15) is 0 Å². The fraction of sp³-hybridized carbons (Fsp3) is 0.143. The molecule has 0 bridgehead atoms. The Morgan fingerprint density at radius 3 is 1.78 bits per heavy atom. The standard InChI is InChI=1S/C42H34BNO/c1-27-24-30(41(2,3)4)26-31(25-27)44-34-20-11-18-32-38(34)43-39-33(19-12-22-36(39)45-37-23-13-21-35(44)40(37)43)42(32,28-14-7-5-8-15-28)29-16-9-6-10-17-29/h5-26H,1-4H3. The summed E-state index contributed by atoms with van der Waals surface area (Å²) < 4.78 is 6.87. The molecule has 0 fully saturated rings. The molecule has 0 aromatic heterocycles. The lowest BCUT2D eigenvalue weighted by Crippen LogP contribution is -2.66. The summed E-state index contributed by atoms with van der Waals surface area (Å²) in [4.78, 5) is 2.50. The molecule has 0 saturated heterocycles. The minimum absolute atomic E-state index is 0.0258. The summed E-state index contributed by atoms with van der Waals surface area (Å²) in [6.45, 7) is 9.19. The van der Waals surface area contributed by atoms with E-state index >= 15 is 0 Å². The lowest BCUT2D eigenvalue weighted by Gasteiger charge is -2.50. The van der Waals surface area contributed by atoms with Crippen molar-refractivity contribution < 1.29 is 4.74 Å². The first-order valence-electron chi connectivity index (χ1n) is 16.0. The number of anilines is 3. The van der Waals surface area contributed by atoms with E-state index in [-0.39, 0.29) is 12.1 Å². The molecule has 0 unspecified atom stereocenters. The Morgan fingerprint density at radius 2 is 1.13 bits per heavy atom. The Labute approximate surface area is 266 Å². The molecule has 0 saturated carbocycles. The van der Waals surface area contributed by atoms with E-state index in [9.17, 15) is 0 Å². The second-order valence-corrected chi connectivity index (χ2v) is 13.8. The van der Waals surface area contributed by atoms with Gasteiger partial charge in [0.1, 0.15) is 11.5 Å². The van der Waals surface area contributed by atoms with Crippen LogP contribution in [0.2, 0.25) is 0 Å². The van der Waals surface area contributed by atoms with Crippen LogP contribution < -0.4 is 26.0 Å². The van der Waals surface area contributed by atoms with E-state index in [1.807, 2.05) is 0 Å². The highest BCUT2D eigenvalue weighted by Crippen LogP contribution is 2.51. The van der Waals surface area contributed by atoms with Crippen LogP contribution in [0.3, 0.4) is 0 Å². The van der Waals surface area contributed by atoms with Crippen LogP contribution in [0, 0.1) is 6.92 Å². The van der Waals surface area contributed by atoms with E-state index in [0.717, 1.165) is 11.5 Å². The number of aryl methyl sites for hydroxylation is 1. The molecule has 0 N–H and O–H groups in total. The van der Waals surface area contributed by atoms with Gasteiger partial charge in [-0.1, -0.05) is 118 Å². The third-order valence-corrected chi connectivity index (χ3v) is 10.2. The van der Waals surface area contributed by atoms with Crippen molar-refractivity contribution in [2.45, 2.75) is 38.5 Å². The summed E-state index contributed by atoms with van der Waals surface area (Å²) in [5.41, 5.74) is 14.8. The van der Waals surface area contributed by atoms with Crippen LogP contribution in [0.15, 0.2) is 133 Å². The molecule has 3 aliphatic rings. The first-order chi connectivity index (χ1) is 21.9. The van der Waals surface area contributed by atoms with Gasteiger partial charge < -0.3 is 9.64 Å². The van der Waals surface area contributed by atoms with Crippen molar-refractivity contribution >= 4 is 40.2 Å².